The predicted octanol–water partition coefficient (Wildman–Crippen LogP) is 4.01. The van der Waals surface area contributed by atoms with Gasteiger partial charge in [-0.1, -0.05) is 24.3 Å². The van der Waals surface area contributed by atoms with Gasteiger partial charge in [-0.15, -0.1) is 11.3 Å². The van der Waals surface area contributed by atoms with Gasteiger partial charge in [-0.25, -0.2) is 4.98 Å². The van der Waals surface area contributed by atoms with Crippen molar-refractivity contribution in [3.63, 3.8) is 0 Å². The molecule has 0 atom stereocenters. The summed E-state index contributed by atoms with van der Waals surface area (Å²) < 4.78 is 39.0. The fourth-order valence-corrected chi connectivity index (χ4v) is 4.51. The van der Waals surface area contributed by atoms with Gasteiger partial charge in [0.05, 0.1) is 16.0 Å². The number of nitrogens with one attached hydrogen (secondary N) is 1. The minimum absolute atomic E-state index is 0.0595. The standard InChI is InChI=1S/C20H17F3N4O3S/c21-20(22,23)14-9-15-17(16(10-14)27(29)30)31-19(25-15)18(28)24-6-8-26-7-5-12-3-1-2-4-13(12)11-26/h1-4,9-10H,5-8,11H2,(H,24,28). The Labute approximate surface area is 178 Å². The molecule has 0 fully saturated rings. The third-order valence-corrected chi connectivity index (χ3v) is 6.20. The number of benzene rings is 2. The summed E-state index contributed by atoms with van der Waals surface area (Å²) >= 11 is 0.711. The molecular formula is C20H17F3N4O3S. The highest BCUT2D eigenvalue weighted by Crippen LogP contribution is 2.38. The van der Waals surface area contributed by atoms with E-state index >= 15 is 0 Å². The maximum atomic E-state index is 13.0. The summed E-state index contributed by atoms with van der Waals surface area (Å²) in [5.41, 5.74) is 0.461. The van der Waals surface area contributed by atoms with E-state index in [9.17, 15) is 28.1 Å². The van der Waals surface area contributed by atoms with Crippen molar-refractivity contribution in [3.8, 4) is 0 Å². The molecule has 162 valence electrons. The molecule has 1 amide bonds. The van der Waals surface area contributed by atoms with Crippen molar-refractivity contribution in [2.75, 3.05) is 19.6 Å². The molecular weight excluding hydrogens is 433 g/mol. The second-order valence-corrected chi connectivity index (χ2v) is 8.17. The van der Waals surface area contributed by atoms with Crippen LogP contribution in [0.1, 0.15) is 26.5 Å². The number of aromatic nitrogens is 1. The topological polar surface area (TPSA) is 88.4 Å². The summed E-state index contributed by atoms with van der Waals surface area (Å²) in [6.07, 6.45) is -3.83. The molecule has 11 heteroatoms. The number of alkyl halides is 3. The van der Waals surface area contributed by atoms with E-state index in [1.165, 1.54) is 11.1 Å². The van der Waals surface area contributed by atoms with Crippen LogP contribution in [-0.2, 0) is 19.1 Å². The Morgan fingerprint density at radius 3 is 2.71 bits per heavy atom. The quantitative estimate of drug-likeness (QED) is 0.469. The number of carbonyl (C=O) groups excluding carboxylic acids is 1. The Bertz CT molecular complexity index is 1160. The fourth-order valence-electron chi connectivity index (χ4n) is 3.56. The van der Waals surface area contributed by atoms with Gasteiger partial charge in [-0.05, 0) is 23.6 Å². The molecule has 0 radical (unpaired) electrons. The molecule has 1 aliphatic heterocycles. The van der Waals surface area contributed by atoms with Crippen LogP contribution in [0.2, 0.25) is 0 Å². The zero-order chi connectivity index (χ0) is 22.2. The average Bonchev–Trinajstić information content (AvgIpc) is 3.16. The van der Waals surface area contributed by atoms with E-state index in [0.29, 0.717) is 30.5 Å². The average molecular weight is 450 g/mol. The summed E-state index contributed by atoms with van der Waals surface area (Å²) in [7, 11) is 0. The molecule has 2 aromatic carbocycles. The van der Waals surface area contributed by atoms with Gasteiger partial charge in [-0.3, -0.25) is 19.8 Å². The van der Waals surface area contributed by atoms with Crippen LogP contribution >= 0.6 is 11.3 Å². The van der Waals surface area contributed by atoms with Crippen LogP contribution in [-0.4, -0.2) is 40.3 Å². The summed E-state index contributed by atoms with van der Waals surface area (Å²) in [4.78, 5) is 28.9. The number of hydrogen-bond donors (Lipinski definition) is 1. The maximum absolute atomic E-state index is 13.0. The van der Waals surface area contributed by atoms with Gasteiger partial charge in [0, 0.05) is 32.2 Å². The van der Waals surface area contributed by atoms with E-state index in [1.54, 1.807) is 0 Å². The number of nitrogens with zero attached hydrogens (tertiary/aromatic N) is 3. The maximum Gasteiger partial charge on any atom is 0.416 e. The number of nitro groups is 1. The van der Waals surface area contributed by atoms with E-state index in [-0.39, 0.29) is 15.2 Å². The lowest BCUT2D eigenvalue weighted by Gasteiger charge is -2.28. The van der Waals surface area contributed by atoms with Gasteiger partial charge >= 0.3 is 6.18 Å². The zero-order valence-corrected chi connectivity index (χ0v) is 16.9. The Hall–Kier alpha value is -3.05. The Morgan fingerprint density at radius 1 is 1.26 bits per heavy atom. The molecule has 31 heavy (non-hydrogen) atoms. The molecule has 7 nitrogen and oxygen atoms in total. The molecule has 0 spiro atoms. The van der Waals surface area contributed by atoms with Crippen LogP contribution in [0.25, 0.3) is 10.2 Å². The van der Waals surface area contributed by atoms with Crippen LogP contribution in [0, 0.1) is 10.1 Å². The molecule has 0 saturated carbocycles. The number of hydrogen-bond acceptors (Lipinski definition) is 6. The van der Waals surface area contributed by atoms with Gasteiger partial charge in [0.25, 0.3) is 11.6 Å². The fraction of sp³-hybridized carbons (Fsp3) is 0.300. The summed E-state index contributed by atoms with van der Waals surface area (Å²) in [6, 6.07) is 9.36. The second-order valence-electron chi connectivity index (χ2n) is 7.17. The van der Waals surface area contributed by atoms with Gasteiger partial charge in [-0.2, -0.15) is 13.2 Å². The molecule has 1 aromatic heterocycles. The van der Waals surface area contributed by atoms with Gasteiger partial charge < -0.3 is 5.32 Å². The number of rotatable bonds is 5. The summed E-state index contributed by atoms with van der Waals surface area (Å²) in [6.45, 7) is 2.57. The number of non-ortho nitro benzene ring substituents is 1. The third-order valence-electron chi connectivity index (χ3n) is 5.11. The SMILES string of the molecule is O=C(NCCN1CCc2ccccc2C1)c1nc2cc(C(F)(F)F)cc([N+](=O)[O-])c2s1. The summed E-state index contributed by atoms with van der Waals surface area (Å²) in [5.74, 6) is -0.568. The van der Waals surface area contributed by atoms with Crippen LogP contribution in [0.4, 0.5) is 18.9 Å². The number of halogens is 3. The highest BCUT2D eigenvalue weighted by molar-refractivity contribution is 7.20. The number of thiazole rings is 1. The Balaban J connectivity index is 1.45. The third kappa shape index (κ3) is 4.52. The van der Waals surface area contributed by atoms with Crippen LogP contribution < -0.4 is 5.32 Å². The second kappa shape index (κ2) is 8.23. The normalized spacial score (nSPS) is 14.4. The lowest BCUT2D eigenvalue weighted by molar-refractivity contribution is -0.383. The Kier molecular flexibility index (Phi) is 5.63. The molecule has 3 aromatic rings. The monoisotopic (exact) mass is 450 g/mol. The number of fused-ring (bicyclic) bond motifs is 2. The molecule has 0 aliphatic carbocycles. The van der Waals surface area contributed by atoms with Gasteiger partial charge in [0.1, 0.15) is 4.70 Å². The minimum atomic E-state index is -4.75. The highest BCUT2D eigenvalue weighted by Gasteiger charge is 2.34. The first-order valence-electron chi connectivity index (χ1n) is 9.46. The van der Waals surface area contributed by atoms with Gasteiger partial charge in [0.15, 0.2) is 5.01 Å². The minimum Gasteiger partial charge on any atom is -0.349 e. The molecule has 2 heterocycles. The zero-order valence-electron chi connectivity index (χ0n) is 16.1. The number of carbonyl (C=O) groups is 1. The largest absolute Gasteiger partial charge is 0.416 e. The van der Waals surface area contributed by atoms with Crippen LogP contribution in [0.3, 0.4) is 0 Å². The lowest BCUT2D eigenvalue weighted by Crippen LogP contribution is -2.37. The molecule has 0 saturated heterocycles. The van der Waals surface area contributed by atoms with Crippen molar-refractivity contribution < 1.29 is 22.9 Å². The van der Waals surface area contributed by atoms with E-state index in [4.69, 9.17) is 0 Å². The lowest BCUT2D eigenvalue weighted by atomic mass is 10.00. The van der Waals surface area contributed by atoms with Crippen molar-refractivity contribution in [2.24, 2.45) is 0 Å². The van der Waals surface area contributed by atoms with Crippen molar-refractivity contribution >= 4 is 33.1 Å². The molecule has 0 bridgehead atoms. The van der Waals surface area contributed by atoms with E-state index < -0.39 is 28.3 Å². The highest BCUT2D eigenvalue weighted by atomic mass is 32.1. The number of amides is 1. The van der Waals surface area contributed by atoms with E-state index in [0.717, 1.165) is 25.6 Å². The summed E-state index contributed by atoms with van der Waals surface area (Å²) in [5, 5.41) is 13.8. The van der Waals surface area contributed by atoms with Crippen LogP contribution in [0.5, 0.6) is 0 Å². The predicted molar refractivity (Wildman–Crippen MR) is 109 cm³/mol. The van der Waals surface area contributed by atoms with Crippen molar-refractivity contribution in [2.45, 2.75) is 19.1 Å². The number of nitro benzene ring substituents is 1. The Morgan fingerprint density at radius 2 is 2.00 bits per heavy atom. The van der Waals surface area contributed by atoms with Crippen LogP contribution in [0.15, 0.2) is 36.4 Å². The van der Waals surface area contributed by atoms with Crippen molar-refractivity contribution in [3.05, 3.63) is 68.2 Å². The first-order chi connectivity index (χ1) is 14.7. The first kappa shape index (κ1) is 21.2. The van der Waals surface area contributed by atoms with E-state index in [2.05, 4.69) is 27.3 Å². The van der Waals surface area contributed by atoms with E-state index in [1.807, 2.05) is 12.1 Å². The molecule has 0 unspecified atom stereocenters. The molecule has 1 aliphatic rings. The first-order valence-corrected chi connectivity index (χ1v) is 10.3. The molecule has 4 rings (SSSR count). The smallest absolute Gasteiger partial charge is 0.349 e. The van der Waals surface area contributed by atoms with Gasteiger partial charge in [0.2, 0.25) is 0 Å². The van der Waals surface area contributed by atoms with Crippen molar-refractivity contribution in [1.82, 2.24) is 15.2 Å². The van der Waals surface area contributed by atoms with Crippen molar-refractivity contribution in [1.29, 1.82) is 0 Å². The molecule has 1 N–H and O–H groups in total.